The maximum absolute atomic E-state index is 13.4. The average Bonchev–Trinajstić information content (AvgIpc) is 3.32. The first kappa shape index (κ1) is 16.6. The van der Waals surface area contributed by atoms with Crippen LogP contribution >= 0.6 is 0 Å². The molecule has 0 radical (unpaired) electrons. The molecule has 0 atom stereocenters. The van der Waals surface area contributed by atoms with Crippen molar-refractivity contribution in [1.29, 1.82) is 0 Å². The van der Waals surface area contributed by atoms with Crippen LogP contribution < -0.4 is 4.90 Å². The van der Waals surface area contributed by atoms with Crippen LogP contribution in [0.15, 0.2) is 30.3 Å². The van der Waals surface area contributed by atoms with Gasteiger partial charge in [0.1, 0.15) is 17.5 Å². The Balaban J connectivity index is 1.26. The lowest BCUT2D eigenvalue weighted by Crippen LogP contribution is -2.58. The van der Waals surface area contributed by atoms with Crippen LogP contribution in [0.2, 0.25) is 0 Å². The van der Waals surface area contributed by atoms with Gasteiger partial charge >= 0.3 is 0 Å². The molecule has 3 heterocycles. The second kappa shape index (κ2) is 6.23. The fraction of sp³-hybridized carbons (Fsp3) is 0.421. The quantitative estimate of drug-likeness (QED) is 0.691. The average molecular weight is 370 g/mol. The van der Waals surface area contributed by atoms with Gasteiger partial charge in [-0.15, -0.1) is 15.3 Å². The van der Waals surface area contributed by atoms with Crippen LogP contribution in [0, 0.1) is 11.6 Å². The zero-order valence-electron chi connectivity index (χ0n) is 15.0. The minimum atomic E-state index is -0.536. The van der Waals surface area contributed by atoms with Crippen LogP contribution in [0.4, 0.5) is 14.6 Å². The van der Waals surface area contributed by atoms with Gasteiger partial charge in [0, 0.05) is 37.7 Å². The third kappa shape index (κ3) is 3.14. The van der Waals surface area contributed by atoms with Crippen molar-refractivity contribution in [3.63, 3.8) is 0 Å². The first-order valence-corrected chi connectivity index (χ1v) is 9.19. The first-order valence-electron chi connectivity index (χ1n) is 9.19. The van der Waals surface area contributed by atoms with Gasteiger partial charge in [0.25, 0.3) is 0 Å². The predicted molar refractivity (Wildman–Crippen MR) is 96.6 cm³/mol. The molecule has 1 aromatic carbocycles. The summed E-state index contributed by atoms with van der Waals surface area (Å²) in [7, 11) is 1.98. The lowest BCUT2D eigenvalue weighted by atomic mass is 10.1. The Bertz CT molecular complexity index is 973. The van der Waals surface area contributed by atoms with Gasteiger partial charge in [-0.2, -0.15) is 4.52 Å². The molecule has 27 heavy (non-hydrogen) atoms. The summed E-state index contributed by atoms with van der Waals surface area (Å²) >= 11 is 0. The maximum atomic E-state index is 13.4. The summed E-state index contributed by atoms with van der Waals surface area (Å²) in [5.41, 5.74) is 1.43. The van der Waals surface area contributed by atoms with Gasteiger partial charge in [-0.05, 0) is 49.7 Å². The van der Waals surface area contributed by atoms with Crippen molar-refractivity contribution in [1.82, 2.24) is 24.7 Å². The number of nitrogens with zero attached hydrogens (tertiary/aromatic N) is 6. The summed E-state index contributed by atoms with van der Waals surface area (Å²) in [5, 5.41) is 13.2. The molecule has 6 nitrogen and oxygen atoms in total. The molecule has 3 aromatic rings. The van der Waals surface area contributed by atoms with Gasteiger partial charge < -0.3 is 4.90 Å². The summed E-state index contributed by atoms with van der Waals surface area (Å²) < 4.78 is 28.6. The fourth-order valence-electron chi connectivity index (χ4n) is 3.60. The fourth-order valence-corrected chi connectivity index (χ4v) is 3.60. The lowest BCUT2D eigenvalue weighted by Gasteiger charge is -2.44. The van der Waals surface area contributed by atoms with E-state index in [0.717, 1.165) is 49.3 Å². The van der Waals surface area contributed by atoms with Crippen molar-refractivity contribution < 1.29 is 8.78 Å². The molecule has 1 aliphatic carbocycles. The predicted octanol–water partition coefficient (Wildman–Crippen LogP) is 2.60. The number of fused-ring (bicyclic) bond motifs is 1. The topological polar surface area (TPSA) is 49.6 Å². The third-order valence-corrected chi connectivity index (χ3v) is 5.38. The van der Waals surface area contributed by atoms with Gasteiger partial charge in [-0.3, -0.25) is 4.90 Å². The summed E-state index contributed by atoms with van der Waals surface area (Å²) in [6.07, 6.45) is 2.31. The normalized spacial score (nSPS) is 17.7. The monoisotopic (exact) mass is 370 g/mol. The molecule has 0 bridgehead atoms. The Morgan fingerprint density at radius 2 is 1.81 bits per heavy atom. The number of aromatic nitrogens is 4. The summed E-state index contributed by atoms with van der Waals surface area (Å²) in [6, 6.07) is 7.91. The highest BCUT2D eigenvalue weighted by atomic mass is 19.1. The van der Waals surface area contributed by atoms with Crippen LogP contribution in [0.1, 0.15) is 30.1 Å². The number of benzene rings is 1. The number of anilines is 1. The van der Waals surface area contributed by atoms with Gasteiger partial charge in [0.05, 0.1) is 0 Å². The molecule has 2 fully saturated rings. The Morgan fingerprint density at radius 3 is 2.52 bits per heavy atom. The largest absolute Gasteiger partial charge is 0.352 e. The van der Waals surface area contributed by atoms with Crippen molar-refractivity contribution in [2.75, 3.05) is 25.0 Å². The third-order valence-electron chi connectivity index (χ3n) is 5.38. The van der Waals surface area contributed by atoms with Crippen molar-refractivity contribution in [2.45, 2.75) is 31.3 Å². The Morgan fingerprint density at radius 1 is 1.07 bits per heavy atom. The zero-order chi connectivity index (χ0) is 18.5. The highest BCUT2D eigenvalue weighted by Gasteiger charge is 2.33. The van der Waals surface area contributed by atoms with E-state index in [4.69, 9.17) is 5.10 Å². The van der Waals surface area contributed by atoms with E-state index in [1.165, 1.54) is 12.1 Å². The number of hydrogen-bond acceptors (Lipinski definition) is 5. The lowest BCUT2D eigenvalue weighted by molar-refractivity contribution is 0.196. The van der Waals surface area contributed by atoms with Gasteiger partial charge in [-0.25, -0.2) is 8.78 Å². The Hall–Kier alpha value is -2.61. The molecule has 1 saturated carbocycles. The SMILES string of the molecule is CN(Cc1cc(F)cc(F)c1)C1CN(c2ccc3nnc(C4CC4)n3n2)C1. The van der Waals surface area contributed by atoms with Crippen LogP contribution in [0.5, 0.6) is 0 Å². The number of hydrogen-bond donors (Lipinski definition) is 0. The van der Waals surface area contributed by atoms with E-state index in [1.807, 2.05) is 23.7 Å². The summed E-state index contributed by atoms with van der Waals surface area (Å²) in [6.45, 7) is 2.16. The van der Waals surface area contributed by atoms with Gasteiger partial charge in [-0.1, -0.05) is 0 Å². The first-order chi connectivity index (χ1) is 13.1. The van der Waals surface area contributed by atoms with Gasteiger partial charge in [0.2, 0.25) is 0 Å². The second-order valence-corrected chi connectivity index (χ2v) is 7.55. The molecular weight excluding hydrogens is 350 g/mol. The van der Waals surface area contributed by atoms with E-state index >= 15 is 0 Å². The van der Waals surface area contributed by atoms with Crippen LogP contribution in [0.3, 0.4) is 0 Å². The molecule has 1 saturated heterocycles. The van der Waals surface area contributed by atoms with E-state index in [2.05, 4.69) is 20.0 Å². The highest BCUT2D eigenvalue weighted by Crippen LogP contribution is 2.38. The number of halogens is 2. The molecule has 8 heteroatoms. The molecule has 0 amide bonds. The van der Waals surface area contributed by atoms with Crippen LogP contribution in [0.25, 0.3) is 5.65 Å². The molecule has 2 aromatic heterocycles. The van der Waals surface area contributed by atoms with Gasteiger partial charge in [0.15, 0.2) is 11.5 Å². The van der Waals surface area contributed by atoms with E-state index < -0.39 is 11.6 Å². The highest BCUT2D eigenvalue weighted by molar-refractivity contribution is 5.48. The van der Waals surface area contributed by atoms with Crippen molar-refractivity contribution >= 4 is 11.5 Å². The maximum Gasteiger partial charge on any atom is 0.178 e. The molecule has 0 spiro atoms. The number of likely N-dealkylation sites (N-methyl/N-ethyl adjacent to an activating group) is 1. The smallest absolute Gasteiger partial charge is 0.178 e. The Labute approximate surface area is 155 Å². The molecule has 0 unspecified atom stereocenters. The number of rotatable bonds is 5. The minimum Gasteiger partial charge on any atom is -0.352 e. The molecular formula is C19H20F2N6. The van der Waals surface area contributed by atoms with E-state index in [0.29, 0.717) is 24.1 Å². The molecule has 140 valence electrons. The van der Waals surface area contributed by atoms with E-state index in [1.54, 1.807) is 0 Å². The standard InChI is InChI=1S/C19H20F2N6/c1-25(9-12-6-14(20)8-15(21)7-12)16-10-26(11-16)18-5-4-17-22-23-19(13-2-3-13)27(17)24-18/h4-8,13,16H,2-3,9-11H2,1H3. The van der Waals surface area contributed by atoms with Crippen LogP contribution in [-0.4, -0.2) is 50.9 Å². The summed E-state index contributed by atoms with van der Waals surface area (Å²) in [4.78, 5) is 4.32. The molecule has 1 aliphatic heterocycles. The van der Waals surface area contributed by atoms with Crippen molar-refractivity contribution in [3.05, 3.63) is 53.4 Å². The summed E-state index contributed by atoms with van der Waals surface area (Å²) in [5.74, 6) is 1.28. The zero-order valence-corrected chi connectivity index (χ0v) is 15.0. The minimum absolute atomic E-state index is 0.317. The van der Waals surface area contributed by atoms with Crippen molar-refractivity contribution in [2.24, 2.45) is 0 Å². The molecule has 2 aliphatic rings. The second-order valence-electron chi connectivity index (χ2n) is 7.55. The van der Waals surface area contributed by atoms with E-state index in [9.17, 15) is 8.78 Å². The molecule has 5 rings (SSSR count). The van der Waals surface area contributed by atoms with E-state index in [-0.39, 0.29) is 0 Å². The molecule has 0 N–H and O–H groups in total. The van der Waals surface area contributed by atoms with Crippen molar-refractivity contribution in [3.8, 4) is 0 Å². The Kier molecular flexibility index (Phi) is 3.82. The van der Waals surface area contributed by atoms with Crippen LogP contribution in [-0.2, 0) is 6.54 Å².